The van der Waals surface area contributed by atoms with Crippen molar-refractivity contribution < 1.29 is 9.53 Å². The fourth-order valence-electron chi connectivity index (χ4n) is 2.36. The van der Waals surface area contributed by atoms with Gasteiger partial charge in [-0.15, -0.1) is 11.8 Å². The van der Waals surface area contributed by atoms with Gasteiger partial charge in [0.05, 0.1) is 0 Å². The van der Waals surface area contributed by atoms with Crippen LogP contribution in [0.1, 0.15) is 11.7 Å². The highest BCUT2D eigenvalue weighted by Gasteiger charge is 2.12. The van der Waals surface area contributed by atoms with Gasteiger partial charge < -0.3 is 4.74 Å². The summed E-state index contributed by atoms with van der Waals surface area (Å²) >= 11 is 1.67. The van der Waals surface area contributed by atoms with E-state index in [1.54, 1.807) is 11.8 Å². The maximum Gasteiger partial charge on any atom is 0.179 e. The summed E-state index contributed by atoms with van der Waals surface area (Å²) in [4.78, 5) is 12.6. The summed E-state index contributed by atoms with van der Waals surface area (Å²) in [7, 11) is 0. The van der Waals surface area contributed by atoms with Gasteiger partial charge in [-0.3, -0.25) is 4.79 Å². The zero-order valence-corrected chi connectivity index (χ0v) is 13.0. The Morgan fingerprint density at radius 2 is 1.68 bits per heavy atom. The maximum absolute atomic E-state index is 11.4. The number of carbonyl (C=O) groups is 1. The van der Waals surface area contributed by atoms with Crippen LogP contribution >= 0.6 is 11.8 Å². The Bertz CT molecular complexity index is 781. The fourth-order valence-corrected chi connectivity index (χ4v) is 2.76. The van der Waals surface area contributed by atoms with Crippen molar-refractivity contribution in [1.82, 2.24) is 0 Å². The van der Waals surface area contributed by atoms with Crippen molar-refractivity contribution in [1.29, 1.82) is 0 Å². The molecule has 0 N–H and O–H groups in total. The van der Waals surface area contributed by atoms with Crippen LogP contribution in [0.3, 0.4) is 0 Å². The molecule has 0 aliphatic carbocycles. The Morgan fingerprint density at radius 1 is 0.955 bits per heavy atom. The molecule has 1 atom stereocenters. The van der Waals surface area contributed by atoms with Gasteiger partial charge in [0.1, 0.15) is 5.75 Å². The van der Waals surface area contributed by atoms with Crippen LogP contribution in [0.4, 0.5) is 0 Å². The monoisotopic (exact) mass is 308 g/mol. The highest BCUT2D eigenvalue weighted by atomic mass is 32.2. The van der Waals surface area contributed by atoms with Crippen molar-refractivity contribution in [2.24, 2.45) is 0 Å². The van der Waals surface area contributed by atoms with E-state index in [4.69, 9.17) is 4.74 Å². The smallest absolute Gasteiger partial charge is 0.179 e. The lowest BCUT2D eigenvalue weighted by molar-refractivity contribution is -0.113. The standard InChI is InChI=1S/C19H16O2S/c1-22-18-10-7-15(8-11-18)19(13-20)21-17-9-6-14-4-2-3-5-16(14)12-17/h2-13,19H,1H3. The molecule has 0 bridgehead atoms. The molecule has 0 saturated heterocycles. The van der Waals surface area contributed by atoms with Crippen LogP contribution in [0.5, 0.6) is 5.75 Å². The molecule has 2 nitrogen and oxygen atoms in total. The third-order valence-corrected chi connectivity index (χ3v) is 4.30. The summed E-state index contributed by atoms with van der Waals surface area (Å²) in [5.41, 5.74) is 0.862. The van der Waals surface area contributed by atoms with Crippen molar-refractivity contribution >= 4 is 28.8 Å². The summed E-state index contributed by atoms with van der Waals surface area (Å²) < 4.78 is 5.86. The number of rotatable bonds is 5. The number of hydrogen-bond acceptors (Lipinski definition) is 3. The van der Waals surface area contributed by atoms with Gasteiger partial charge in [0.15, 0.2) is 12.4 Å². The molecule has 0 radical (unpaired) electrons. The molecule has 0 spiro atoms. The molecule has 22 heavy (non-hydrogen) atoms. The second-order valence-corrected chi connectivity index (χ2v) is 5.84. The summed E-state index contributed by atoms with van der Waals surface area (Å²) in [6.07, 6.45) is 2.28. The quantitative estimate of drug-likeness (QED) is 0.496. The number of carbonyl (C=O) groups excluding carboxylic acids is 1. The van der Waals surface area contributed by atoms with Crippen LogP contribution in [-0.2, 0) is 4.79 Å². The second kappa shape index (κ2) is 6.67. The molecule has 0 fully saturated rings. The van der Waals surface area contributed by atoms with E-state index in [0.717, 1.165) is 22.6 Å². The minimum atomic E-state index is -0.586. The van der Waals surface area contributed by atoms with Gasteiger partial charge in [-0.05, 0) is 46.9 Å². The molecule has 0 heterocycles. The number of aldehydes is 1. The van der Waals surface area contributed by atoms with Crippen LogP contribution in [0.25, 0.3) is 10.8 Å². The van der Waals surface area contributed by atoms with E-state index < -0.39 is 6.10 Å². The minimum Gasteiger partial charge on any atom is -0.478 e. The summed E-state index contributed by atoms with van der Waals surface area (Å²) in [5, 5.41) is 2.25. The minimum absolute atomic E-state index is 0.586. The van der Waals surface area contributed by atoms with Crippen molar-refractivity contribution in [3.05, 3.63) is 72.3 Å². The molecule has 3 rings (SSSR count). The van der Waals surface area contributed by atoms with Gasteiger partial charge in [0.25, 0.3) is 0 Å². The molecule has 0 aliphatic heterocycles. The van der Waals surface area contributed by atoms with Crippen LogP contribution in [0, 0.1) is 0 Å². The predicted octanol–water partition coefficient (Wildman–Crippen LogP) is 4.88. The predicted molar refractivity (Wildman–Crippen MR) is 91.6 cm³/mol. The lowest BCUT2D eigenvalue weighted by Gasteiger charge is -2.14. The summed E-state index contributed by atoms with van der Waals surface area (Å²) in [6, 6.07) is 21.8. The van der Waals surface area contributed by atoms with Crippen molar-refractivity contribution in [3.8, 4) is 5.75 Å². The fraction of sp³-hybridized carbons (Fsp3) is 0.105. The van der Waals surface area contributed by atoms with Crippen LogP contribution < -0.4 is 4.74 Å². The van der Waals surface area contributed by atoms with Gasteiger partial charge >= 0.3 is 0 Å². The van der Waals surface area contributed by atoms with Gasteiger partial charge in [-0.25, -0.2) is 0 Å². The van der Waals surface area contributed by atoms with Gasteiger partial charge in [-0.1, -0.05) is 42.5 Å². The highest BCUT2D eigenvalue weighted by molar-refractivity contribution is 7.98. The SMILES string of the molecule is CSc1ccc(C(C=O)Oc2ccc3ccccc3c2)cc1. The topological polar surface area (TPSA) is 26.3 Å². The van der Waals surface area contributed by atoms with Crippen molar-refractivity contribution in [3.63, 3.8) is 0 Å². The van der Waals surface area contributed by atoms with E-state index >= 15 is 0 Å². The average molecular weight is 308 g/mol. The second-order valence-electron chi connectivity index (χ2n) is 4.96. The first-order chi connectivity index (χ1) is 10.8. The Morgan fingerprint density at radius 3 is 2.36 bits per heavy atom. The Kier molecular flexibility index (Phi) is 4.45. The van der Waals surface area contributed by atoms with E-state index in [9.17, 15) is 4.79 Å². The van der Waals surface area contributed by atoms with Crippen LogP contribution in [0.15, 0.2) is 71.6 Å². The van der Waals surface area contributed by atoms with E-state index in [1.807, 2.05) is 66.9 Å². The van der Waals surface area contributed by atoms with Gasteiger partial charge in [0.2, 0.25) is 0 Å². The van der Waals surface area contributed by atoms with E-state index in [1.165, 1.54) is 4.90 Å². The first-order valence-corrected chi connectivity index (χ1v) is 8.27. The normalized spacial score (nSPS) is 12.0. The molecule has 110 valence electrons. The highest BCUT2D eigenvalue weighted by Crippen LogP contribution is 2.26. The molecule has 0 aliphatic rings. The molecule has 3 heteroatoms. The first kappa shape index (κ1) is 14.7. The zero-order valence-electron chi connectivity index (χ0n) is 12.2. The number of benzene rings is 3. The molecule has 3 aromatic rings. The van der Waals surface area contributed by atoms with E-state index in [2.05, 4.69) is 6.07 Å². The van der Waals surface area contributed by atoms with Gasteiger partial charge in [0, 0.05) is 4.90 Å². The Labute approximate surface area is 134 Å². The maximum atomic E-state index is 11.4. The molecule has 0 aromatic heterocycles. The Hall–Kier alpha value is -2.26. The molecule has 0 saturated carbocycles. The lowest BCUT2D eigenvalue weighted by Crippen LogP contribution is -2.08. The van der Waals surface area contributed by atoms with Crippen molar-refractivity contribution in [2.75, 3.05) is 6.26 Å². The largest absolute Gasteiger partial charge is 0.478 e. The third kappa shape index (κ3) is 3.15. The molecular formula is C19H16O2S. The van der Waals surface area contributed by atoms with Crippen LogP contribution in [-0.4, -0.2) is 12.5 Å². The molecule has 0 amide bonds. The number of thioether (sulfide) groups is 1. The summed E-state index contributed by atoms with van der Waals surface area (Å²) in [5.74, 6) is 0.699. The molecule has 1 unspecified atom stereocenters. The number of fused-ring (bicyclic) bond motifs is 1. The number of hydrogen-bond donors (Lipinski definition) is 0. The van der Waals surface area contributed by atoms with Gasteiger partial charge in [-0.2, -0.15) is 0 Å². The Balaban J connectivity index is 1.85. The van der Waals surface area contributed by atoms with Crippen LogP contribution in [0.2, 0.25) is 0 Å². The van der Waals surface area contributed by atoms with E-state index in [0.29, 0.717) is 5.75 Å². The third-order valence-electron chi connectivity index (χ3n) is 3.55. The summed E-state index contributed by atoms with van der Waals surface area (Å²) in [6.45, 7) is 0. The van der Waals surface area contributed by atoms with Crippen molar-refractivity contribution in [2.45, 2.75) is 11.0 Å². The molecular weight excluding hydrogens is 292 g/mol. The lowest BCUT2D eigenvalue weighted by atomic mass is 10.1. The van der Waals surface area contributed by atoms with E-state index in [-0.39, 0.29) is 0 Å². The molecule has 3 aromatic carbocycles. The first-order valence-electron chi connectivity index (χ1n) is 7.05. The average Bonchev–Trinajstić information content (AvgIpc) is 2.59. The zero-order chi connectivity index (χ0) is 15.4. The number of ether oxygens (including phenoxy) is 1.